The van der Waals surface area contributed by atoms with Crippen LogP contribution >= 0.6 is 0 Å². The minimum Gasteiger partial charge on any atom is -0.313 e. The van der Waals surface area contributed by atoms with Gasteiger partial charge in [0.1, 0.15) is 0 Å². The van der Waals surface area contributed by atoms with Crippen molar-refractivity contribution in [2.75, 3.05) is 18.1 Å². The van der Waals surface area contributed by atoms with E-state index in [0.717, 1.165) is 25.8 Å². The van der Waals surface area contributed by atoms with Crippen molar-refractivity contribution in [2.24, 2.45) is 0 Å². The van der Waals surface area contributed by atoms with Crippen molar-refractivity contribution in [1.82, 2.24) is 5.32 Å². The summed E-state index contributed by atoms with van der Waals surface area (Å²) >= 11 is 0. The molecule has 1 aliphatic heterocycles. The fourth-order valence-electron chi connectivity index (χ4n) is 1.45. The van der Waals surface area contributed by atoms with Crippen molar-refractivity contribution in [3.63, 3.8) is 0 Å². The predicted molar refractivity (Wildman–Crippen MR) is 53.1 cm³/mol. The van der Waals surface area contributed by atoms with Crippen LogP contribution in [0.2, 0.25) is 0 Å². The summed E-state index contributed by atoms with van der Waals surface area (Å²) < 4.78 is 22.1. The van der Waals surface area contributed by atoms with Crippen LogP contribution in [0.3, 0.4) is 0 Å². The van der Waals surface area contributed by atoms with Crippen LogP contribution < -0.4 is 5.32 Å². The van der Waals surface area contributed by atoms with Crippen LogP contribution in [0.1, 0.15) is 19.3 Å². The van der Waals surface area contributed by atoms with Crippen LogP contribution in [0.5, 0.6) is 0 Å². The first-order valence-electron chi connectivity index (χ1n) is 4.51. The summed E-state index contributed by atoms with van der Waals surface area (Å²) in [6, 6.07) is 0.155. The Bertz CT molecular complexity index is 289. The van der Waals surface area contributed by atoms with Gasteiger partial charge >= 0.3 is 0 Å². The number of terminal acetylenes is 1. The number of sulfone groups is 1. The van der Waals surface area contributed by atoms with Gasteiger partial charge in [0.2, 0.25) is 0 Å². The highest BCUT2D eigenvalue weighted by atomic mass is 32.2. The van der Waals surface area contributed by atoms with Gasteiger partial charge in [-0.25, -0.2) is 8.42 Å². The van der Waals surface area contributed by atoms with Crippen LogP contribution in [0, 0.1) is 12.3 Å². The fourth-order valence-corrected chi connectivity index (χ4v) is 3.16. The molecule has 4 heteroatoms. The van der Waals surface area contributed by atoms with Crippen LogP contribution in [-0.4, -0.2) is 32.5 Å². The van der Waals surface area contributed by atoms with Crippen molar-refractivity contribution in [3.8, 4) is 12.3 Å². The maximum Gasteiger partial charge on any atom is 0.151 e. The molecule has 13 heavy (non-hydrogen) atoms. The average Bonchev–Trinajstić information content (AvgIpc) is 2.40. The van der Waals surface area contributed by atoms with Gasteiger partial charge in [-0.3, -0.25) is 0 Å². The van der Waals surface area contributed by atoms with Gasteiger partial charge in [0.25, 0.3) is 0 Å². The highest BCUT2D eigenvalue weighted by molar-refractivity contribution is 7.91. The predicted octanol–water partition coefficient (Wildman–Crippen LogP) is 0.176. The monoisotopic (exact) mass is 201 g/mol. The Labute approximate surface area is 79.8 Å². The van der Waals surface area contributed by atoms with Crippen LogP contribution in [0.4, 0.5) is 0 Å². The first-order chi connectivity index (χ1) is 6.14. The molecule has 1 heterocycles. The van der Waals surface area contributed by atoms with Gasteiger partial charge in [-0.2, -0.15) is 0 Å². The first-order valence-corrected chi connectivity index (χ1v) is 6.33. The smallest absolute Gasteiger partial charge is 0.151 e. The molecular formula is C9H15NO2S. The van der Waals surface area contributed by atoms with Gasteiger partial charge < -0.3 is 5.32 Å². The third kappa shape index (κ3) is 3.79. The Kier molecular flexibility index (Phi) is 3.76. The zero-order chi connectivity index (χ0) is 9.73. The Morgan fingerprint density at radius 1 is 1.54 bits per heavy atom. The SMILES string of the molecule is C#CCCCNC1CCS(=O)(=O)C1. The topological polar surface area (TPSA) is 46.2 Å². The van der Waals surface area contributed by atoms with Crippen molar-refractivity contribution < 1.29 is 8.42 Å². The Morgan fingerprint density at radius 2 is 2.31 bits per heavy atom. The molecule has 1 rings (SSSR count). The van der Waals surface area contributed by atoms with E-state index in [0.29, 0.717) is 11.5 Å². The zero-order valence-electron chi connectivity index (χ0n) is 7.62. The molecule has 0 aromatic rings. The summed E-state index contributed by atoms with van der Waals surface area (Å²) in [7, 11) is -2.74. The Hall–Kier alpha value is -0.530. The van der Waals surface area contributed by atoms with E-state index in [-0.39, 0.29) is 6.04 Å². The molecule has 0 spiro atoms. The number of unbranched alkanes of at least 4 members (excludes halogenated alkanes) is 1. The summed E-state index contributed by atoms with van der Waals surface area (Å²) in [5, 5.41) is 3.20. The number of hydrogen-bond acceptors (Lipinski definition) is 3. The molecule has 0 aromatic heterocycles. The van der Waals surface area contributed by atoms with E-state index < -0.39 is 9.84 Å². The van der Waals surface area contributed by atoms with Gasteiger partial charge in [0.05, 0.1) is 11.5 Å². The summed E-state index contributed by atoms with van der Waals surface area (Å²) in [5.41, 5.74) is 0. The lowest BCUT2D eigenvalue weighted by Crippen LogP contribution is -2.30. The minimum atomic E-state index is -2.74. The lowest BCUT2D eigenvalue weighted by Gasteiger charge is -2.08. The number of nitrogens with one attached hydrogen (secondary N) is 1. The van der Waals surface area contributed by atoms with Crippen LogP contribution in [0.15, 0.2) is 0 Å². The molecule has 3 nitrogen and oxygen atoms in total. The van der Waals surface area contributed by atoms with Crippen molar-refractivity contribution in [2.45, 2.75) is 25.3 Å². The summed E-state index contributed by atoms with van der Waals surface area (Å²) in [6.45, 7) is 0.824. The second-order valence-electron chi connectivity index (χ2n) is 3.36. The summed E-state index contributed by atoms with van der Waals surface area (Å²) in [6.07, 6.45) is 7.52. The molecule has 0 saturated carbocycles. The molecule has 0 aliphatic carbocycles. The van der Waals surface area contributed by atoms with E-state index >= 15 is 0 Å². The standard InChI is InChI=1S/C9H15NO2S/c1-2-3-4-6-10-9-5-7-13(11,12)8-9/h1,9-10H,3-8H2. The zero-order valence-corrected chi connectivity index (χ0v) is 8.44. The quantitative estimate of drug-likeness (QED) is 0.521. The van der Waals surface area contributed by atoms with E-state index in [1.54, 1.807) is 0 Å². The normalized spacial score (nSPS) is 25.6. The molecule has 0 amide bonds. The van der Waals surface area contributed by atoms with Crippen LogP contribution in [-0.2, 0) is 9.84 Å². The van der Waals surface area contributed by atoms with Gasteiger partial charge in [0, 0.05) is 12.5 Å². The van der Waals surface area contributed by atoms with E-state index in [1.807, 2.05) is 0 Å². The lowest BCUT2D eigenvalue weighted by molar-refractivity contribution is 0.545. The molecular weight excluding hydrogens is 186 g/mol. The van der Waals surface area contributed by atoms with Crippen molar-refractivity contribution in [3.05, 3.63) is 0 Å². The first kappa shape index (κ1) is 10.6. The molecule has 74 valence electrons. The largest absolute Gasteiger partial charge is 0.313 e. The van der Waals surface area contributed by atoms with Crippen molar-refractivity contribution >= 4 is 9.84 Å². The second kappa shape index (κ2) is 4.64. The van der Waals surface area contributed by atoms with Gasteiger partial charge in [-0.1, -0.05) is 0 Å². The van der Waals surface area contributed by atoms with E-state index in [2.05, 4.69) is 11.2 Å². The molecule has 0 aromatic carbocycles. The number of rotatable bonds is 4. The van der Waals surface area contributed by atoms with E-state index in [9.17, 15) is 8.42 Å². The Balaban J connectivity index is 2.15. The molecule has 1 aliphatic rings. The fraction of sp³-hybridized carbons (Fsp3) is 0.778. The number of hydrogen-bond donors (Lipinski definition) is 1. The van der Waals surface area contributed by atoms with Crippen LogP contribution in [0.25, 0.3) is 0 Å². The molecule has 0 radical (unpaired) electrons. The highest BCUT2D eigenvalue weighted by Crippen LogP contribution is 2.10. The van der Waals surface area contributed by atoms with Gasteiger partial charge in [0.15, 0.2) is 9.84 Å². The third-order valence-electron chi connectivity index (χ3n) is 2.16. The molecule has 0 bridgehead atoms. The highest BCUT2D eigenvalue weighted by Gasteiger charge is 2.26. The van der Waals surface area contributed by atoms with Crippen molar-refractivity contribution in [1.29, 1.82) is 0 Å². The molecule has 1 N–H and O–H groups in total. The molecule has 1 unspecified atom stereocenters. The molecule has 1 saturated heterocycles. The van der Waals surface area contributed by atoms with E-state index in [1.165, 1.54) is 0 Å². The summed E-state index contributed by atoms with van der Waals surface area (Å²) in [5.74, 6) is 3.18. The minimum absolute atomic E-state index is 0.155. The summed E-state index contributed by atoms with van der Waals surface area (Å²) in [4.78, 5) is 0. The molecule has 1 fully saturated rings. The third-order valence-corrected chi connectivity index (χ3v) is 3.93. The average molecular weight is 201 g/mol. The van der Waals surface area contributed by atoms with E-state index in [4.69, 9.17) is 6.42 Å². The second-order valence-corrected chi connectivity index (χ2v) is 5.59. The van der Waals surface area contributed by atoms with Gasteiger partial charge in [-0.05, 0) is 19.4 Å². The molecule has 1 atom stereocenters. The maximum absolute atomic E-state index is 11.1. The Morgan fingerprint density at radius 3 is 2.85 bits per heavy atom. The van der Waals surface area contributed by atoms with Gasteiger partial charge in [-0.15, -0.1) is 12.3 Å². The maximum atomic E-state index is 11.1. The lowest BCUT2D eigenvalue weighted by atomic mass is 10.2.